The highest BCUT2D eigenvalue weighted by Gasteiger charge is 2.43. The number of para-hydroxylation sites is 1. The largest absolute Gasteiger partial charge is 0.469 e. The summed E-state index contributed by atoms with van der Waals surface area (Å²) >= 11 is 0. The van der Waals surface area contributed by atoms with E-state index >= 15 is 0 Å². The number of piperazine rings is 1. The van der Waals surface area contributed by atoms with Crippen LogP contribution in [0.4, 0.5) is 4.79 Å². The SMILES string of the molecule is CCCC[C@H](NC(=O)[C@H](Cc1c[nH]c2ccccc12)NC(=O)OC(C)(C)C)[C@@H]1CN([C@@H](Cc2ccccc2)C(N)=O)C(=O)[C@H](CC(=O)OC)N1. The minimum Gasteiger partial charge on any atom is -0.469 e. The smallest absolute Gasteiger partial charge is 0.408 e. The van der Waals surface area contributed by atoms with E-state index in [1.54, 1.807) is 20.8 Å². The molecule has 0 radical (unpaired) electrons. The van der Waals surface area contributed by atoms with E-state index in [9.17, 15) is 24.0 Å². The van der Waals surface area contributed by atoms with E-state index < -0.39 is 65.6 Å². The first-order valence-electron chi connectivity index (χ1n) is 17.1. The number of hydrogen-bond acceptors (Lipinski definition) is 8. The Morgan fingerprint density at radius 2 is 1.72 bits per heavy atom. The lowest BCUT2D eigenvalue weighted by atomic mass is 9.93. The van der Waals surface area contributed by atoms with Gasteiger partial charge >= 0.3 is 12.1 Å². The number of primary amides is 1. The van der Waals surface area contributed by atoms with Crippen molar-refractivity contribution >= 4 is 40.7 Å². The number of fused-ring (bicyclic) bond motifs is 1. The molecule has 4 rings (SSSR count). The van der Waals surface area contributed by atoms with Crippen molar-refractivity contribution in [3.8, 4) is 0 Å². The first-order valence-corrected chi connectivity index (χ1v) is 17.1. The van der Waals surface area contributed by atoms with Crippen molar-refractivity contribution in [3.63, 3.8) is 0 Å². The van der Waals surface area contributed by atoms with Gasteiger partial charge in [-0.2, -0.15) is 0 Å². The van der Waals surface area contributed by atoms with E-state index in [1.807, 2.05) is 67.7 Å². The number of rotatable bonds is 15. The molecule has 270 valence electrons. The average molecular weight is 691 g/mol. The number of hydrogen-bond donors (Lipinski definition) is 5. The maximum absolute atomic E-state index is 14.2. The van der Waals surface area contributed by atoms with Gasteiger partial charge in [0.2, 0.25) is 17.7 Å². The number of methoxy groups -OCH3 is 1. The Bertz CT molecular complexity index is 1640. The second-order valence-electron chi connectivity index (χ2n) is 13.7. The van der Waals surface area contributed by atoms with Crippen LogP contribution < -0.4 is 21.7 Å². The summed E-state index contributed by atoms with van der Waals surface area (Å²) < 4.78 is 10.4. The molecular formula is C37H50N6O7. The zero-order valence-corrected chi connectivity index (χ0v) is 29.5. The van der Waals surface area contributed by atoms with Crippen LogP contribution in [-0.2, 0) is 41.5 Å². The summed E-state index contributed by atoms with van der Waals surface area (Å²) in [5.74, 6) is -2.21. The van der Waals surface area contributed by atoms with Crippen LogP contribution >= 0.6 is 0 Å². The molecule has 50 heavy (non-hydrogen) atoms. The quantitative estimate of drug-likeness (QED) is 0.151. The highest BCUT2D eigenvalue weighted by Crippen LogP contribution is 2.22. The molecule has 3 aromatic rings. The molecule has 13 heteroatoms. The Labute approximate surface area is 293 Å². The van der Waals surface area contributed by atoms with Gasteiger partial charge in [0.25, 0.3) is 0 Å². The van der Waals surface area contributed by atoms with Gasteiger partial charge in [-0.15, -0.1) is 0 Å². The van der Waals surface area contributed by atoms with Crippen molar-refractivity contribution in [2.45, 2.75) is 102 Å². The average Bonchev–Trinajstić information content (AvgIpc) is 3.48. The summed E-state index contributed by atoms with van der Waals surface area (Å²) in [6.45, 7) is 7.29. The van der Waals surface area contributed by atoms with Crippen molar-refractivity contribution in [1.82, 2.24) is 25.8 Å². The highest BCUT2D eigenvalue weighted by molar-refractivity contribution is 5.92. The lowest BCUT2D eigenvalue weighted by Crippen LogP contribution is -2.69. The van der Waals surface area contributed by atoms with Crippen LogP contribution in [0.3, 0.4) is 0 Å². The number of unbranched alkanes of at least 4 members (excludes halogenated alkanes) is 1. The molecule has 0 spiro atoms. The number of benzene rings is 2. The first kappa shape index (κ1) is 37.9. The molecule has 1 aliphatic heterocycles. The number of nitrogens with zero attached hydrogens (tertiary/aromatic N) is 1. The number of carbonyl (C=O) groups is 5. The molecule has 1 fully saturated rings. The van der Waals surface area contributed by atoms with Gasteiger partial charge in [0.15, 0.2) is 0 Å². The Balaban J connectivity index is 1.65. The second kappa shape index (κ2) is 17.1. The van der Waals surface area contributed by atoms with Gasteiger partial charge in [-0.1, -0.05) is 68.3 Å². The van der Waals surface area contributed by atoms with Crippen molar-refractivity contribution < 1.29 is 33.4 Å². The van der Waals surface area contributed by atoms with Gasteiger partial charge in [-0.3, -0.25) is 24.5 Å². The topological polar surface area (TPSA) is 185 Å². The molecule has 5 atom stereocenters. The lowest BCUT2D eigenvalue weighted by Gasteiger charge is -2.44. The Kier molecular flexibility index (Phi) is 13.0. The van der Waals surface area contributed by atoms with E-state index in [4.69, 9.17) is 15.2 Å². The second-order valence-corrected chi connectivity index (χ2v) is 13.7. The monoisotopic (exact) mass is 690 g/mol. The fourth-order valence-electron chi connectivity index (χ4n) is 6.27. The predicted molar refractivity (Wildman–Crippen MR) is 189 cm³/mol. The minimum atomic E-state index is -1.03. The van der Waals surface area contributed by atoms with Crippen LogP contribution in [-0.4, -0.2) is 89.1 Å². The molecule has 1 aliphatic rings. The van der Waals surface area contributed by atoms with Gasteiger partial charge in [0, 0.05) is 48.6 Å². The van der Waals surface area contributed by atoms with Gasteiger partial charge in [-0.05, 0) is 44.4 Å². The van der Waals surface area contributed by atoms with Gasteiger partial charge < -0.3 is 35.7 Å². The lowest BCUT2D eigenvalue weighted by molar-refractivity contribution is -0.150. The van der Waals surface area contributed by atoms with Crippen LogP contribution in [0.2, 0.25) is 0 Å². The zero-order valence-electron chi connectivity index (χ0n) is 29.5. The first-order chi connectivity index (χ1) is 23.8. The number of nitrogens with one attached hydrogen (secondary N) is 4. The molecule has 4 amide bonds. The summed E-state index contributed by atoms with van der Waals surface area (Å²) in [6, 6.07) is 12.7. The molecular weight excluding hydrogens is 640 g/mol. The number of esters is 1. The maximum atomic E-state index is 14.2. The van der Waals surface area contributed by atoms with Gasteiger partial charge in [0.1, 0.15) is 17.7 Å². The molecule has 0 bridgehead atoms. The number of alkyl carbamates (subject to hydrolysis) is 1. The van der Waals surface area contributed by atoms with Crippen LogP contribution in [0.15, 0.2) is 60.8 Å². The number of aromatic nitrogens is 1. The molecule has 0 unspecified atom stereocenters. The van der Waals surface area contributed by atoms with E-state index in [-0.39, 0.29) is 25.8 Å². The third-order valence-corrected chi connectivity index (χ3v) is 8.75. The van der Waals surface area contributed by atoms with Crippen LogP contribution in [0.25, 0.3) is 10.9 Å². The zero-order chi connectivity index (χ0) is 36.4. The molecule has 6 N–H and O–H groups in total. The number of H-pyrrole nitrogens is 1. The maximum Gasteiger partial charge on any atom is 0.408 e. The van der Waals surface area contributed by atoms with Crippen LogP contribution in [0.5, 0.6) is 0 Å². The van der Waals surface area contributed by atoms with Crippen LogP contribution in [0.1, 0.15) is 64.5 Å². The van der Waals surface area contributed by atoms with Crippen molar-refractivity contribution in [3.05, 3.63) is 71.9 Å². The molecule has 0 saturated carbocycles. The summed E-state index contributed by atoms with van der Waals surface area (Å²) in [5.41, 5.74) is 7.65. The van der Waals surface area contributed by atoms with Crippen molar-refractivity contribution in [1.29, 1.82) is 0 Å². The van der Waals surface area contributed by atoms with E-state index in [0.717, 1.165) is 34.9 Å². The third-order valence-electron chi connectivity index (χ3n) is 8.75. The summed E-state index contributed by atoms with van der Waals surface area (Å²) in [6.07, 6.45) is 3.21. The number of carbonyl (C=O) groups excluding carboxylic acids is 5. The molecule has 1 aromatic heterocycles. The van der Waals surface area contributed by atoms with Crippen molar-refractivity contribution in [2.24, 2.45) is 5.73 Å². The summed E-state index contributed by atoms with van der Waals surface area (Å²) in [4.78, 5) is 71.0. The highest BCUT2D eigenvalue weighted by atomic mass is 16.6. The third kappa shape index (κ3) is 10.3. The number of aromatic amines is 1. The Morgan fingerprint density at radius 3 is 2.38 bits per heavy atom. The summed E-state index contributed by atoms with van der Waals surface area (Å²) in [5, 5.41) is 10.1. The molecule has 13 nitrogen and oxygen atoms in total. The normalized spacial score (nSPS) is 18.2. The van der Waals surface area contributed by atoms with Crippen molar-refractivity contribution in [2.75, 3.05) is 13.7 Å². The van der Waals surface area contributed by atoms with E-state index in [0.29, 0.717) is 6.42 Å². The van der Waals surface area contributed by atoms with Gasteiger partial charge in [-0.25, -0.2) is 4.79 Å². The van der Waals surface area contributed by atoms with E-state index in [2.05, 4.69) is 20.9 Å². The number of amides is 4. The molecule has 1 saturated heterocycles. The Morgan fingerprint density at radius 1 is 1.02 bits per heavy atom. The number of ether oxygens (including phenoxy) is 2. The van der Waals surface area contributed by atoms with E-state index in [1.165, 1.54) is 12.0 Å². The predicted octanol–water partition coefficient (Wildman–Crippen LogP) is 3.11. The molecule has 0 aliphatic carbocycles. The Hall–Kier alpha value is -4.91. The van der Waals surface area contributed by atoms with Gasteiger partial charge in [0.05, 0.1) is 19.6 Å². The minimum absolute atomic E-state index is 0.0399. The molecule has 2 heterocycles. The van der Waals surface area contributed by atoms with Crippen LogP contribution in [0, 0.1) is 0 Å². The summed E-state index contributed by atoms with van der Waals surface area (Å²) in [7, 11) is 1.24. The fraction of sp³-hybridized carbons (Fsp3) is 0.486. The standard InChI is InChI=1S/C37H50N6O7/c1-6-7-16-27(41-34(46)28(42-36(48)50-37(2,3)4)19-24-21-39-26-17-12-11-15-25(24)26)30-22-43(35(47)29(40-30)20-32(44)49-5)31(33(38)45)18-23-13-9-8-10-14-23/h8-15,17,21,27-31,39-40H,6-7,16,18-20,22H2,1-5H3,(H2,38,45)(H,41,46)(H,42,48)/t27-,28-,29-,30-,31-/m0/s1. The fourth-order valence-corrected chi connectivity index (χ4v) is 6.27. The molecule has 2 aromatic carbocycles. The number of nitrogens with two attached hydrogens (primary N) is 1.